The fourth-order valence-corrected chi connectivity index (χ4v) is 1.47. The summed E-state index contributed by atoms with van der Waals surface area (Å²) < 4.78 is 0. The van der Waals surface area contributed by atoms with Crippen molar-refractivity contribution in [2.45, 2.75) is 20.8 Å². The summed E-state index contributed by atoms with van der Waals surface area (Å²) >= 11 is 0. The van der Waals surface area contributed by atoms with Crippen LogP contribution in [0.15, 0.2) is 36.4 Å². The number of benzene rings is 1. The Morgan fingerprint density at radius 1 is 1.20 bits per heavy atom. The fraction of sp³-hybridized carbons (Fsp3) is 0.308. The van der Waals surface area contributed by atoms with Crippen molar-refractivity contribution in [3.63, 3.8) is 0 Å². The third-order valence-electron chi connectivity index (χ3n) is 2.16. The number of hydrogen-bond acceptors (Lipinski definition) is 1. The van der Waals surface area contributed by atoms with Gasteiger partial charge in [-0.25, -0.2) is 4.79 Å². The molecular weight excluding hydrogens is 188 g/mol. The minimum Gasteiger partial charge on any atom is -0.478 e. The third-order valence-corrected chi connectivity index (χ3v) is 2.16. The Morgan fingerprint density at radius 3 is 2.13 bits per heavy atom. The Bertz CT molecular complexity index is 369. The molecule has 1 N–H and O–H groups in total. The van der Waals surface area contributed by atoms with Gasteiger partial charge in [0.25, 0.3) is 0 Å². The summed E-state index contributed by atoms with van der Waals surface area (Å²) in [6.07, 6.45) is 1.29. The average molecular weight is 204 g/mol. The molecule has 0 amide bonds. The van der Waals surface area contributed by atoms with Crippen LogP contribution in [-0.4, -0.2) is 11.1 Å². The summed E-state index contributed by atoms with van der Waals surface area (Å²) in [5.74, 6) is -0.899. The summed E-state index contributed by atoms with van der Waals surface area (Å²) in [5.41, 5.74) is 1.64. The summed E-state index contributed by atoms with van der Waals surface area (Å²) in [5, 5.41) is 8.83. The Hall–Kier alpha value is -1.57. The van der Waals surface area contributed by atoms with Crippen LogP contribution in [-0.2, 0) is 4.79 Å². The smallest absolute Gasteiger partial charge is 0.328 e. The van der Waals surface area contributed by atoms with Gasteiger partial charge in [-0.15, -0.1) is 0 Å². The summed E-state index contributed by atoms with van der Waals surface area (Å²) in [6.45, 7) is 6.03. The van der Waals surface area contributed by atoms with E-state index in [2.05, 4.69) is 0 Å². The van der Waals surface area contributed by atoms with Gasteiger partial charge in [-0.05, 0) is 16.6 Å². The largest absolute Gasteiger partial charge is 0.478 e. The predicted octanol–water partition coefficient (Wildman–Crippen LogP) is 3.20. The number of carbonyl (C=O) groups is 1. The third kappa shape index (κ3) is 3.24. The molecule has 0 spiro atoms. The molecule has 15 heavy (non-hydrogen) atoms. The van der Waals surface area contributed by atoms with Crippen molar-refractivity contribution >= 4 is 11.5 Å². The second-order valence-electron chi connectivity index (χ2n) is 4.51. The Labute approximate surface area is 90.3 Å². The zero-order chi connectivity index (χ0) is 11.5. The number of aliphatic carboxylic acids is 1. The molecule has 0 aliphatic rings. The first-order valence-electron chi connectivity index (χ1n) is 4.92. The summed E-state index contributed by atoms with van der Waals surface area (Å²) in [4.78, 5) is 10.8. The van der Waals surface area contributed by atoms with Crippen LogP contribution < -0.4 is 0 Å². The van der Waals surface area contributed by atoms with Crippen molar-refractivity contribution in [2.75, 3.05) is 0 Å². The lowest BCUT2D eigenvalue weighted by Gasteiger charge is -2.22. The maximum atomic E-state index is 10.8. The van der Waals surface area contributed by atoms with Gasteiger partial charge in [0.15, 0.2) is 0 Å². The van der Waals surface area contributed by atoms with Crippen molar-refractivity contribution < 1.29 is 9.90 Å². The quantitative estimate of drug-likeness (QED) is 0.751. The molecule has 0 unspecified atom stereocenters. The average Bonchev–Trinajstić information content (AvgIpc) is 2.14. The molecule has 0 saturated heterocycles. The van der Waals surface area contributed by atoms with E-state index in [0.717, 1.165) is 11.1 Å². The van der Waals surface area contributed by atoms with Gasteiger partial charge in [0.2, 0.25) is 0 Å². The molecule has 0 aliphatic heterocycles. The van der Waals surface area contributed by atoms with Gasteiger partial charge in [-0.1, -0.05) is 51.1 Å². The normalized spacial score (nSPS) is 12.6. The van der Waals surface area contributed by atoms with Crippen LogP contribution in [0.5, 0.6) is 0 Å². The minimum atomic E-state index is -0.899. The molecule has 0 heterocycles. The molecule has 0 saturated carbocycles. The topological polar surface area (TPSA) is 37.3 Å². The SMILES string of the molecule is CC(C)(C)/C(=C\C(=O)O)c1ccccc1. The lowest BCUT2D eigenvalue weighted by atomic mass is 9.82. The molecule has 1 aromatic rings. The zero-order valence-electron chi connectivity index (χ0n) is 9.32. The van der Waals surface area contributed by atoms with E-state index in [9.17, 15) is 4.79 Å². The zero-order valence-corrected chi connectivity index (χ0v) is 9.32. The van der Waals surface area contributed by atoms with Gasteiger partial charge in [-0.2, -0.15) is 0 Å². The molecule has 1 aromatic carbocycles. The second kappa shape index (κ2) is 4.30. The van der Waals surface area contributed by atoms with E-state index in [-0.39, 0.29) is 5.41 Å². The predicted molar refractivity (Wildman–Crippen MR) is 61.5 cm³/mol. The van der Waals surface area contributed by atoms with Crippen LogP contribution in [0.1, 0.15) is 26.3 Å². The van der Waals surface area contributed by atoms with Crippen LogP contribution in [0.4, 0.5) is 0 Å². The van der Waals surface area contributed by atoms with Crippen molar-refractivity contribution in [3.8, 4) is 0 Å². The summed E-state index contributed by atoms with van der Waals surface area (Å²) in [6, 6.07) is 9.61. The van der Waals surface area contributed by atoms with E-state index < -0.39 is 5.97 Å². The van der Waals surface area contributed by atoms with Gasteiger partial charge in [0.1, 0.15) is 0 Å². The molecule has 0 fully saturated rings. The molecule has 80 valence electrons. The van der Waals surface area contributed by atoms with Gasteiger partial charge in [0, 0.05) is 6.08 Å². The second-order valence-corrected chi connectivity index (χ2v) is 4.51. The number of allylic oxidation sites excluding steroid dienone is 1. The highest BCUT2D eigenvalue weighted by Crippen LogP contribution is 2.33. The lowest BCUT2D eigenvalue weighted by Crippen LogP contribution is -2.10. The highest BCUT2D eigenvalue weighted by atomic mass is 16.4. The van der Waals surface area contributed by atoms with Crippen molar-refractivity contribution in [3.05, 3.63) is 42.0 Å². The number of rotatable bonds is 2. The van der Waals surface area contributed by atoms with Gasteiger partial charge >= 0.3 is 5.97 Å². The highest BCUT2D eigenvalue weighted by molar-refractivity contribution is 5.91. The summed E-state index contributed by atoms with van der Waals surface area (Å²) in [7, 11) is 0. The first kappa shape index (κ1) is 11.5. The molecule has 1 rings (SSSR count). The van der Waals surface area contributed by atoms with Gasteiger partial charge in [0.05, 0.1) is 0 Å². The Balaban J connectivity index is 3.20. The van der Waals surface area contributed by atoms with Crippen LogP contribution in [0, 0.1) is 5.41 Å². The maximum absolute atomic E-state index is 10.8. The van der Waals surface area contributed by atoms with Crippen LogP contribution in [0.3, 0.4) is 0 Å². The fourth-order valence-electron chi connectivity index (χ4n) is 1.47. The van der Waals surface area contributed by atoms with E-state index in [1.165, 1.54) is 6.08 Å². The first-order chi connectivity index (χ1) is 6.91. The van der Waals surface area contributed by atoms with Crippen LogP contribution >= 0.6 is 0 Å². The standard InChI is InChI=1S/C13H16O2/c1-13(2,3)11(9-12(14)15)10-7-5-4-6-8-10/h4-9H,1-3H3,(H,14,15)/b11-9-. The van der Waals surface area contributed by atoms with Gasteiger partial charge < -0.3 is 5.11 Å². The molecular formula is C13H16O2. The molecule has 2 heteroatoms. The van der Waals surface area contributed by atoms with Gasteiger partial charge in [-0.3, -0.25) is 0 Å². The molecule has 0 atom stereocenters. The van der Waals surface area contributed by atoms with E-state index >= 15 is 0 Å². The molecule has 0 aliphatic carbocycles. The Kier molecular flexibility index (Phi) is 3.30. The molecule has 2 nitrogen and oxygen atoms in total. The van der Waals surface area contributed by atoms with E-state index in [0.29, 0.717) is 0 Å². The number of carboxylic acid groups (broad SMARTS) is 1. The molecule has 0 bridgehead atoms. The number of hydrogen-bond donors (Lipinski definition) is 1. The van der Waals surface area contributed by atoms with E-state index in [1.807, 2.05) is 51.1 Å². The lowest BCUT2D eigenvalue weighted by molar-refractivity contribution is -0.131. The molecule has 0 radical (unpaired) electrons. The Morgan fingerprint density at radius 2 is 1.73 bits per heavy atom. The maximum Gasteiger partial charge on any atom is 0.328 e. The molecule has 0 aromatic heterocycles. The highest BCUT2D eigenvalue weighted by Gasteiger charge is 2.19. The van der Waals surface area contributed by atoms with Crippen LogP contribution in [0.25, 0.3) is 5.57 Å². The van der Waals surface area contributed by atoms with Crippen molar-refractivity contribution in [1.82, 2.24) is 0 Å². The van der Waals surface area contributed by atoms with E-state index in [1.54, 1.807) is 0 Å². The minimum absolute atomic E-state index is 0.167. The van der Waals surface area contributed by atoms with Crippen LogP contribution in [0.2, 0.25) is 0 Å². The monoisotopic (exact) mass is 204 g/mol. The first-order valence-corrected chi connectivity index (χ1v) is 4.92. The van der Waals surface area contributed by atoms with Crippen molar-refractivity contribution in [2.24, 2.45) is 5.41 Å². The van der Waals surface area contributed by atoms with E-state index in [4.69, 9.17) is 5.11 Å². The number of carboxylic acids is 1. The van der Waals surface area contributed by atoms with Crippen molar-refractivity contribution in [1.29, 1.82) is 0 Å².